The van der Waals surface area contributed by atoms with Crippen LogP contribution in [0.5, 0.6) is 0 Å². The number of nitrogens with zero attached hydrogens (tertiary/aromatic N) is 3. The zero-order valence-corrected chi connectivity index (χ0v) is 23.2. The Bertz CT molecular complexity index is 1210. The van der Waals surface area contributed by atoms with E-state index in [0.29, 0.717) is 26.3 Å². The van der Waals surface area contributed by atoms with Crippen molar-refractivity contribution in [3.63, 3.8) is 0 Å². The van der Waals surface area contributed by atoms with E-state index in [1.165, 1.54) is 34.6 Å². The largest absolute Gasteiger partial charge is 0.368 e. The number of alkyl halides is 2. The van der Waals surface area contributed by atoms with Gasteiger partial charge in [0.05, 0.1) is 27.5 Å². The summed E-state index contributed by atoms with van der Waals surface area (Å²) in [6, 6.07) is 5.19. The fraction of sp³-hybridized carbons (Fsp3) is 0.444. The summed E-state index contributed by atoms with van der Waals surface area (Å²) in [5, 5.41) is 4.36. The third kappa shape index (κ3) is 7.23. The lowest BCUT2D eigenvalue weighted by molar-refractivity contribution is -0.0913. The standard InChI is InChI=1S/C27H32ClF3N4OS/c1-6-16(3)25(32-13-20(28)7-2)33-14-22-17(4)12-27(30,31)15-35(22)26(36)23-24(37-18(5)34-23)19-8-10-21(29)11-9-19/h7-11,13,17,22,33H,6,12,14-15H2,1-5H3/b20-7+,25-16+,32-13-. The molecular formula is C27H32ClF3N4OS. The van der Waals surface area contributed by atoms with Gasteiger partial charge in [0, 0.05) is 19.2 Å². The summed E-state index contributed by atoms with van der Waals surface area (Å²) in [7, 11) is 0. The molecule has 1 aliphatic rings. The molecule has 0 aliphatic carbocycles. The highest BCUT2D eigenvalue weighted by Crippen LogP contribution is 2.37. The van der Waals surface area contributed by atoms with Gasteiger partial charge >= 0.3 is 0 Å². The van der Waals surface area contributed by atoms with Crippen LogP contribution in [0.15, 0.2) is 51.8 Å². The number of allylic oxidation sites excluding steroid dienone is 3. The number of rotatable bonds is 8. The van der Waals surface area contributed by atoms with E-state index >= 15 is 0 Å². The molecule has 2 aromatic rings. The minimum atomic E-state index is -3.03. The lowest BCUT2D eigenvalue weighted by Crippen LogP contribution is -2.58. The number of aliphatic imine (C=N–C) groups is 1. The van der Waals surface area contributed by atoms with Gasteiger partial charge in [0.2, 0.25) is 0 Å². The Hall–Kier alpha value is -2.65. The molecular weight excluding hydrogens is 521 g/mol. The monoisotopic (exact) mass is 552 g/mol. The second-order valence-corrected chi connectivity index (χ2v) is 10.9. The van der Waals surface area contributed by atoms with Crippen LogP contribution < -0.4 is 5.32 Å². The average Bonchev–Trinajstić information content (AvgIpc) is 3.25. The molecule has 1 aromatic carbocycles. The van der Waals surface area contributed by atoms with E-state index in [4.69, 9.17) is 11.6 Å². The first-order valence-corrected chi connectivity index (χ1v) is 13.4. The number of nitrogens with one attached hydrogen (secondary N) is 1. The number of amides is 1. The van der Waals surface area contributed by atoms with Gasteiger partial charge in [-0.3, -0.25) is 4.79 Å². The van der Waals surface area contributed by atoms with Crippen LogP contribution in [0.1, 0.15) is 56.0 Å². The second-order valence-electron chi connectivity index (χ2n) is 9.25. The van der Waals surface area contributed by atoms with Crippen molar-refractivity contribution in [2.45, 2.75) is 59.4 Å². The zero-order chi connectivity index (χ0) is 27.3. The number of halogens is 4. The molecule has 37 heavy (non-hydrogen) atoms. The zero-order valence-electron chi connectivity index (χ0n) is 21.6. The molecule has 2 heterocycles. The van der Waals surface area contributed by atoms with Crippen molar-refractivity contribution >= 4 is 35.1 Å². The molecule has 1 saturated heterocycles. The van der Waals surface area contributed by atoms with Crippen LogP contribution in [0.2, 0.25) is 0 Å². The highest BCUT2D eigenvalue weighted by Gasteiger charge is 2.46. The molecule has 5 nitrogen and oxygen atoms in total. The van der Waals surface area contributed by atoms with Gasteiger partial charge < -0.3 is 10.2 Å². The van der Waals surface area contributed by atoms with E-state index in [2.05, 4.69) is 15.3 Å². The predicted molar refractivity (Wildman–Crippen MR) is 145 cm³/mol. The maximum Gasteiger partial charge on any atom is 0.274 e. The van der Waals surface area contributed by atoms with Crippen LogP contribution in [0.25, 0.3) is 10.4 Å². The lowest BCUT2D eigenvalue weighted by Gasteiger charge is -2.43. The topological polar surface area (TPSA) is 57.6 Å². The lowest BCUT2D eigenvalue weighted by atomic mass is 9.88. The minimum absolute atomic E-state index is 0.0994. The molecule has 0 spiro atoms. The van der Waals surface area contributed by atoms with Gasteiger partial charge in [-0.15, -0.1) is 11.3 Å². The fourth-order valence-corrected chi connectivity index (χ4v) is 5.22. The van der Waals surface area contributed by atoms with Gasteiger partial charge in [0.25, 0.3) is 11.8 Å². The highest BCUT2D eigenvalue weighted by atomic mass is 35.5. The number of carbonyl (C=O) groups is 1. The first kappa shape index (κ1) is 28.9. The fourth-order valence-electron chi connectivity index (χ4n) is 4.26. The number of likely N-dealkylation sites (tertiary alicyclic amines) is 1. The summed E-state index contributed by atoms with van der Waals surface area (Å²) in [6.07, 6.45) is 3.64. The maximum absolute atomic E-state index is 14.7. The molecule has 2 atom stereocenters. The minimum Gasteiger partial charge on any atom is -0.368 e. The summed E-state index contributed by atoms with van der Waals surface area (Å²) in [5.74, 6) is -3.89. The molecule has 1 amide bonds. The molecule has 1 N–H and O–H groups in total. The SMILES string of the molecule is C\C=C(Cl)/C=N\C(NCC1C(C)CC(F)(F)CN1C(=O)c1nc(C)sc1-c1ccc(F)cc1)=C(\C)CC. The molecule has 1 aromatic heterocycles. The number of aromatic nitrogens is 1. The molecule has 3 rings (SSSR count). The van der Waals surface area contributed by atoms with Gasteiger partial charge in [-0.25, -0.2) is 23.1 Å². The number of thiazole rings is 1. The normalized spacial score (nSPS) is 20.8. The van der Waals surface area contributed by atoms with E-state index in [1.54, 1.807) is 39.0 Å². The number of hydrogen-bond donors (Lipinski definition) is 1. The Kier molecular flexibility index (Phi) is 9.58. The van der Waals surface area contributed by atoms with Crippen LogP contribution in [-0.4, -0.2) is 47.1 Å². The van der Waals surface area contributed by atoms with E-state index in [9.17, 15) is 18.0 Å². The summed E-state index contributed by atoms with van der Waals surface area (Å²) in [6.45, 7) is 8.72. The predicted octanol–water partition coefficient (Wildman–Crippen LogP) is 7.19. The van der Waals surface area contributed by atoms with Crippen LogP contribution in [0.4, 0.5) is 13.2 Å². The van der Waals surface area contributed by atoms with Crippen molar-refractivity contribution in [3.05, 3.63) is 63.3 Å². The van der Waals surface area contributed by atoms with Crippen molar-refractivity contribution < 1.29 is 18.0 Å². The molecule has 10 heteroatoms. The summed E-state index contributed by atoms with van der Waals surface area (Å²) >= 11 is 7.34. The second kappa shape index (κ2) is 12.3. The Morgan fingerprint density at radius 1 is 1.35 bits per heavy atom. The van der Waals surface area contributed by atoms with Crippen molar-refractivity contribution in [1.82, 2.24) is 15.2 Å². The molecule has 0 saturated carbocycles. The Morgan fingerprint density at radius 3 is 2.65 bits per heavy atom. The first-order valence-electron chi connectivity index (χ1n) is 12.2. The molecule has 0 bridgehead atoms. The van der Waals surface area contributed by atoms with Gasteiger partial charge in [-0.2, -0.15) is 0 Å². The smallest absolute Gasteiger partial charge is 0.274 e. The summed E-state index contributed by atoms with van der Waals surface area (Å²) in [4.78, 5) is 24.4. The molecule has 1 aliphatic heterocycles. The Morgan fingerprint density at radius 2 is 2.03 bits per heavy atom. The van der Waals surface area contributed by atoms with Crippen molar-refractivity contribution in [3.8, 4) is 10.4 Å². The number of piperidine rings is 1. The maximum atomic E-state index is 14.7. The summed E-state index contributed by atoms with van der Waals surface area (Å²) in [5.41, 5.74) is 1.68. The van der Waals surface area contributed by atoms with Crippen molar-refractivity contribution in [1.29, 1.82) is 0 Å². The number of hydrogen-bond acceptors (Lipinski definition) is 5. The quantitative estimate of drug-likeness (QED) is 0.353. The third-order valence-corrected chi connectivity index (χ3v) is 7.73. The van der Waals surface area contributed by atoms with Crippen LogP contribution >= 0.6 is 22.9 Å². The number of aryl methyl sites for hydroxylation is 1. The first-order chi connectivity index (χ1) is 17.5. The third-order valence-electron chi connectivity index (χ3n) is 6.39. The van der Waals surface area contributed by atoms with Crippen LogP contribution in [0.3, 0.4) is 0 Å². The Balaban J connectivity index is 1.94. The van der Waals surface area contributed by atoms with Crippen LogP contribution in [-0.2, 0) is 0 Å². The molecule has 1 fully saturated rings. The number of carbonyl (C=O) groups excluding carboxylic acids is 1. The molecule has 0 radical (unpaired) electrons. The summed E-state index contributed by atoms with van der Waals surface area (Å²) < 4.78 is 42.9. The van der Waals surface area contributed by atoms with Crippen molar-refractivity contribution in [2.24, 2.45) is 10.9 Å². The van der Waals surface area contributed by atoms with Crippen molar-refractivity contribution in [2.75, 3.05) is 13.1 Å². The van der Waals surface area contributed by atoms with Gasteiger partial charge in [-0.1, -0.05) is 43.7 Å². The average molecular weight is 553 g/mol. The van der Waals surface area contributed by atoms with E-state index < -0.39 is 36.2 Å². The van der Waals surface area contributed by atoms with Gasteiger partial charge in [0.1, 0.15) is 17.3 Å². The van der Waals surface area contributed by atoms with E-state index in [0.717, 1.165) is 12.0 Å². The van der Waals surface area contributed by atoms with Gasteiger partial charge in [0.15, 0.2) is 0 Å². The van der Waals surface area contributed by atoms with E-state index in [1.807, 2.05) is 13.8 Å². The molecule has 2 unspecified atom stereocenters. The Labute approximate surface area is 225 Å². The van der Waals surface area contributed by atoms with Gasteiger partial charge in [-0.05, 0) is 56.4 Å². The number of benzene rings is 1. The van der Waals surface area contributed by atoms with Crippen LogP contribution in [0, 0.1) is 18.7 Å². The van der Waals surface area contributed by atoms with E-state index in [-0.39, 0.29) is 18.7 Å². The highest BCUT2D eigenvalue weighted by molar-refractivity contribution is 7.15. The molecule has 200 valence electrons.